The third kappa shape index (κ3) is 3.92. The highest BCUT2D eigenvalue weighted by atomic mass is 35.5. The number of hydrazone groups is 1. The molecule has 2 rings (SSSR count). The number of hydrogen-bond acceptors (Lipinski definition) is 5. The second kappa shape index (κ2) is 7.02. The van der Waals surface area contributed by atoms with Crippen molar-refractivity contribution in [3.05, 3.63) is 52.5 Å². The van der Waals surface area contributed by atoms with Crippen molar-refractivity contribution in [1.29, 1.82) is 0 Å². The van der Waals surface area contributed by atoms with Crippen LogP contribution in [0.3, 0.4) is 0 Å². The summed E-state index contributed by atoms with van der Waals surface area (Å²) in [5.41, 5.74) is 3.38. The van der Waals surface area contributed by atoms with E-state index in [9.17, 15) is 15.0 Å². The highest BCUT2D eigenvalue weighted by molar-refractivity contribution is 6.31. The lowest BCUT2D eigenvalue weighted by Crippen LogP contribution is -2.20. The minimum atomic E-state index is -0.498. The van der Waals surface area contributed by atoms with Crippen LogP contribution in [0.15, 0.2) is 41.5 Å². The van der Waals surface area contributed by atoms with Crippen LogP contribution in [-0.2, 0) is 0 Å². The molecule has 0 spiro atoms. The van der Waals surface area contributed by atoms with Crippen LogP contribution in [0, 0.1) is 0 Å². The van der Waals surface area contributed by atoms with Gasteiger partial charge in [0.25, 0.3) is 5.91 Å². The molecule has 0 fully saturated rings. The van der Waals surface area contributed by atoms with Gasteiger partial charge in [0, 0.05) is 16.7 Å². The van der Waals surface area contributed by atoms with E-state index in [4.69, 9.17) is 16.3 Å². The predicted octanol–water partition coefficient (Wildman–Crippen LogP) is 2.91. The van der Waals surface area contributed by atoms with Crippen molar-refractivity contribution in [1.82, 2.24) is 5.43 Å². The van der Waals surface area contributed by atoms with Crippen LogP contribution in [-0.4, -0.2) is 28.9 Å². The predicted molar refractivity (Wildman–Crippen MR) is 87.5 cm³/mol. The monoisotopic (exact) mass is 334 g/mol. The average Bonchev–Trinajstić information content (AvgIpc) is 2.52. The van der Waals surface area contributed by atoms with E-state index in [-0.39, 0.29) is 17.1 Å². The Morgan fingerprint density at radius 3 is 2.57 bits per heavy atom. The van der Waals surface area contributed by atoms with Gasteiger partial charge in [0.15, 0.2) is 0 Å². The normalized spacial score (nSPS) is 11.2. The first-order valence-electron chi connectivity index (χ1n) is 6.63. The number of aromatic hydroxyl groups is 2. The van der Waals surface area contributed by atoms with E-state index in [1.807, 2.05) is 0 Å². The Balaban J connectivity index is 2.22. The van der Waals surface area contributed by atoms with E-state index in [2.05, 4.69) is 10.5 Å². The lowest BCUT2D eigenvalue weighted by Gasteiger charge is -2.08. The van der Waals surface area contributed by atoms with Crippen LogP contribution in [0.1, 0.15) is 22.8 Å². The topological polar surface area (TPSA) is 91.2 Å². The van der Waals surface area contributed by atoms with E-state index in [0.717, 1.165) is 0 Å². The number of benzene rings is 2. The summed E-state index contributed by atoms with van der Waals surface area (Å²) in [4.78, 5) is 12.2. The zero-order chi connectivity index (χ0) is 17.0. The first-order valence-corrected chi connectivity index (χ1v) is 7.00. The molecule has 1 amide bonds. The summed E-state index contributed by atoms with van der Waals surface area (Å²) in [6.45, 7) is 1.61. The molecule has 0 aliphatic rings. The fourth-order valence-corrected chi connectivity index (χ4v) is 2.11. The van der Waals surface area contributed by atoms with Crippen molar-refractivity contribution in [2.75, 3.05) is 7.11 Å². The van der Waals surface area contributed by atoms with Crippen LogP contribution in [0.5, 0.6) is 17.2 Å². The molecule has 0 saturated carbocycles. The van der Waals surface area contributed by atoms with Crippen molar-refractivity contribution in [2.24, 2.45) is 5.10 Å². The molecule has 6 nitrogen and oxygen atoms in total. The van der Waals surface area contributed by atoms with E-state index >= 15 is 0 Å². The first-order chi connectivity index (χ1) is 10.9. The van der Waals surface area contributed by atoms with E-state index in [1.165, 1.54) is 31.4 Å². The summed E-state index contributed by atoms with van der Waals surface area (Å²) >= 11 is 5.88. The number of nitrogens with zero attached hydrogens (tertiary/aromatic N) is 1. The fourth-order valence-electron chi connectivity index (χ4n) is 1.94. The third-order valence-corrected chi connectivity index (χ3v) is 3.34. The summed E-state index contributed by atoms with van der Waals surface area (Å²) in [6, 6.07) is 8.76. The average molecular weight is 335 g/mol. The summed E-state index contributed by atoms with van der Waals surface area (Å²) in [6.07, 6.45) is 0. The van der Waals surface area contributed by atoms with Crippen molar-refractivity contribution in [2.45, 2.75) is 6.92 Å². The van der Waals surface area contributed by atoms with E-state index in [1.54, 1.807) is 19.1 Å². The largest absolute Gasteiger partial charge is 0.508 e. The molecule has 3 N–H and O–H groups in total. The third-order valence-electron chi connectivity index (χ3n) is 3.10. The molecule has 23 heavy (non-hydrogen) atoms. The Morgan fingerprint density at radius 1 is 1.17 bits per heavy atom. The Morgan fingerprint density at radius 2 is 1.91 bits per heavy atom. The van der Waals surface area contributed by atoms with Crippen LogP contribution in [0.4, 0.5) is 0 Å². The Labute approximate surface area is 138 Å². The van der Waals surface area contributed by atoms with Crippen molar-refractivity contribution >= 4 is 23.2 Å². The minimum absolute atomic E-state index is 0.0632. The van der Waals surface area contributed by atoms with Crippen LogP contribution < -0.4 is 10.2 Å². The second-order valence-corrected chi connectivity index (χ2v) is 5.12. The Hall–Kier alpha value is -2.73. The molecule has 2 aromatic carbocycles. The number of nitrogens with one attached hydrogen (secondary N) is 1. The zero-order valence-electron chi connectivity index (χ0n) is 12.5. The van der Waals surface area contributed by atoms with Gasteiger partial charge in [0.2, 0.25) is 0 Å². The van der Waals surface area contributed by atoms with Gasteiger partial charge in [-0.15, -0.1) is 0 Å². The lowest BCUT2D eigenvalue weighted by molar-refractivity contribution is 0.0951. The molecular formula is C16H15ClN2O4. The van der Waals surface area contributed by atoms with Crippen LogP contribution in [0.25, 0.3) is 0 Å². The number of hydrogen-bond donors (Lipinski definition) is 3. The van der Waals surface area contributed by atoms with Gasteiger partial charge in [-0.25, -0.2) is 5.43 Å². The Kier molecular flexibility index (Phi) is 5.08. The fraction of sp³-hybridized carbons (Fsp3) is 0.125. The minimum Gasteiger partial charge on any atom is -0.508 e. The van der Waals surface area contributed by atoms with E-state index < -0.39 is 5.91 Å². The summed E-state index contributed by atoms with van der Waals surface area (Å²) in [5, 5.41) is 23.4. The Bertz CT molecular complexity index is 775. The van der Waals surface area contributed by atoms with Crippen molar-refractivity contribution in [3.8, 4) is 17.2 Å². The molecule has 0 heterocycles. The molecule has 0 unspecified atom stereocenters. The van der Waals surface area contributed by atoms with Crippen molar-refractivity contribution in [3.63, 3.8) is 0 Å². The smallest absolute Gasteiger partial charge is 0.275 e. The number of ether oxygens (including phenoxy) is 1. The number of phenols is 2. The highest BCUT2D eigenvalue weighted by Crippen LogP contribution is 2.24. The van der Waals surface area contributed by atoms with Gasteiger partial charge < -0.3 is 14.9 Å². The van der Waals surface area contributed by atoms with Gasteiger partial charge >= 0.3 is 0 Å². The maximum atomic E-state index is 12.2. The molecule has 0 aliphatic heterocycles. The van der Waals surface area contributed by atoms with Gasteiger partial charge in [-0.3, -0.25) is 4.79 Å². The van der Waals surface area contributed by atoms with E-state index in [0.29, 0.717) is 22.0 Å². The standard InChI is InChI=1S/C16H15ClN2O4/c1-9(12-5-4-11(20)8-14(12)21)18-19-16(22)13-7-10(17)3-6-15(13)23-2/h3-8,20-21H,1-2H3,(H,19,22). The van der Waals surface area contributed by atoms with Gasteiger partial charge in [-0.1, -0.05) is 11.6 Å². The summed E-state index contributed by atoms with van der Waals surface area (Å²) in [5.74, 6) is -0.332. The van der Waals surface area contributed by atoms with Crippen LogP contribution >= 0.6 is 11.6 Å². The number of carbonyl (C=O) groups is 1. The number of phenolic OH excluding ortho intramolecular Hbond substituents is 2. The number of amides is 1. The molecule has 7 heteroatoms. The molecule has 2 aromatic rings. The molecule has 0 bridgehead atoms. The number of halogens is 1. The van der Waals surface area contributed by atoms with Gasteiger partial charge in [-0.05, 0) is 37.3 Å². The molecule has 0 saturated heterocycles. The maximum Gasteiger partial charge on any atom is 0.275 e. The summed E-state index contributed by atoms with van der Waals surface area (Å²) < 4.78 is 5.11. The van der Waals surface area contributed by atoms with Gasteiger partial charge in [0.05, 0.1) is 18.4 Å². The molecule has 0 aromatic heterocycles. The molecule has 120 valence electrons. The quantitative estimate of drug-likeness (QED) is 0.592. The molecule has 0 radical (unpaired) electrons. The second-order valence-electron chi connectivity index (χ2n) is 4.68. The van der Waals surface area contributed by atoms with Gasteiger partial charge in [-0.2, -0.15) is 5.10 Å². The summed E-state index contributed by atoms with van der Waals surface area (Å²) in [7, 11) is 1.45. The van der Waals surface area contributed by atoms with Gasteiger partial charge in [0.1, 0.15) is 17.2 Å². The number of rotatable bonds is 4. The highest BCUT2D eigenvalue weighted by Gasteiger charge is 2.13. The maximum absolute atomic E-state index is 12.2. The van der Waals surface area contributed by atoms with Crippen molar-refractivity contribution < 1.29 is 19.7 Å². The number of methoxy groups -OCH3 is 1. The SMILES string of the molecule is COc1ccc(Cl)cc1C(=O)NN=C(C)c1ccc(O)cc1O. The first kappa shape index (κ1) is 16.6. The number of carbonyl (C=O) groups excluding carboxylic acids is 1. The molecule has 0 atom stereocenters. The molecular weight excluding hydrogens is 320 g/mol. The molecule has 0 aliphatic carbocycles. The zero-order valence-corrected chi connectivity index (χ0v) is 13.3. The van der Waals surface area contributed by atoms with Crippen LogP contribution in [0.2, 0.25) is 5.02 Å². The lowest BCUT2D eigenvalue weighted by atomic mass is 10.1.